The van der Waals surface area contributed by atoms with Crippen molar-refractivity contribution >= 4 is 22.1 Å². The number of aliphatic carboxylic acids is 1. The van der Waals surface area contributed by atoms with Crippen LogP contribution in [0, 0.1) is 0 Å². The smallest absolute Gasteiger partial charge is 0.363 e. The molecule has 0 radical (unpaired) electrons. The van der Waals surface area contributed by atoms with Crippen LogP contribution in [0.5, 0.6) is 0 Å². The van der Waals surface area contributed by atoms with Crippen molar-refractivity contribution in [3.05, 3.63) is 0 Å². The van der Waals surface area contributed by atoms with Gasteiger partial charge in [0.25, 0.3) is 10.1 Å². The van der Waals surface area contributed by atoms with E-state index in [1.807, 2.05) is 0 Å². The molecule has 0 spiro atoms. The lowest BCUT2D eigenvalue weighted by molar-refractivity contribution is -0.269. The minimum atomic E-state index is -4.83. The molecule has 0 bridgehead atoms. The third-order valence-corrected chi connectivity index (χ3v) is 2.32. The average Bonchev–Trinajstić information content (AvgIpc) is 2.08. The van der Waals surface area contributed by atoms with Crippen LogP contribution in [0.25, 0.3) is 0 Å². The van der Waals surface area contributed by atoms with Crippen molar-refractivity contribution in [1.82, 2.24) is 0 Å². The Morgan fingerprint density at radius 3 is 2.27 bits per heavy atom. The van der Waals surface area contributed by atoms with Crippen LogP contribution in [-0.4, -0.2) is 41.9 Å². The van der Waals surface area contributed by atoms with E-state index in [-0.39, 0.29) is 6.61 Å². The number of carboxylic acids is 1. The van der Waals surface area contributed by atoms with E-state index in [0.29, 0.717) is 0 Å². The first kappa shape index (κ1) is 13.8. The van der Waals surface area contributed by atoms with Gasteiger partial charge < -0.3 is 5.11 Å². The second-order valence-electron chi connectivity index (χ2n) is 2.41. The van der Waals surface area contributed by atoms with Gasteiger partial charge in [0, 0.05) is 0 Å². The van der Waals surface area contributed by atoms with Gasteiger partial charge in [0.05, 0.1) is 13.0 Å². The molecule has 0 aliphatic rings. The van der Waals surface area contributed by atoms with Crippen LogP contribution in [0.3, 0.4) is 0 Å². The number of carboxylic acid groups (broad SMARTS) is 1. The van der Waals surface area contributed by atoms with Crippen LogP contribution in [0.4, 0.5) is 0 Å². The van der Waals surface area contributed by atoms with Gasteiger partial charge in [-0.05, 0) is 6.92 Å². The fourth-order valence-electron chi connectivity index (χ4n) is 0.640. The van der Waals surface area contributed by atoms with Gasteiger partial charge in [-0.1, -0.05) is 0 Å². The van der Waals surface area contributed by atoms with E-state index in [0.717, 1.165) is 0 Å². The number of rotatable bonds is 6. The van der Waals surface area contributed by atoms with Gasteiger partial charge in [0.15, 0.2) is 5.25 Å². The molecule has 9 heteroatoms. The second-order valence-corrected chi connectivity index (χ2v) is 4.01. The summed E-state index contributed by atoms with van der Waals surface area (Å²) >= 11 is 0. The maximum atomic E-state index is 10.9. The van der Waals surface area contributed by atoms with Crippen molar-refractivity contribution in [3.63, 3.8) is 0 Å². The van der Waals surface area contributed by atoms with Crippen LogP contribution in [-0.2, 0) is 29.5 Å². The largest absolute Gasteiger partial charge is 0.481 e. The molecule has 0 aliphatic carbocycles. The Hall–Kier alpha value is -1.19. The van der Waals surface area contributed by atoms with E-state index in [1.165, 1.54) is 6.92 Å². The molecule has 0 amide bonds. The third-order valence-electron chi connectivity index (χ3n) is 1.24. The first-order chi connectivity index (χ1) is 6.79. The van der Waals surface area contributed by atoms with Crippen molar-refractivity contribution in [3.8, 4) is 0 Å². The van der Waals surface area contributed by atoms with Gasteiger partial charge >= 0.3 is 11.9 Å². The lowest BCUT2D eigenvalue weighted by Gasteiger charge is -2.08. The molecule has 0 saturated carbocycles. The summed E-state index contributed by atoms with van der Waals surface area (Å²) in [6, 6.07) is 0. The highest BCUT2D eigenvalue weighted by Gasteiger charge is 2.35. The van der Waals surface area contributed by atoms with Gasteiger partial charge in [-0.15, -0.1) is 0 Å². The molecular formula is C6H10O8S. The Morgan fingerprint density at radius 1 is 1.40 bits per heavy atom. The molecule has 88 valence electrons. The topological polar surface area (TPSA) is 127 Å². The molecule has 15 heavy (non-hydrogen) atoms. The van der Waals surface area contributed by atoms with E-state index < -0.39 is 33.7 Å². The van der Waals surface area contributed by atoms with E-state index in [1.54, 1.807) is 0 Å². The molecular weight excluding hydrogens is 232 g/mol. The van der Waals surface area contributed by atoms with Gasteiger partial charge in [-0.3, -0.25) is 14.2 Å². The summed E-state index contributed by atoms with van der Waals surface area (Å²) in [5.41, 5.74) is 0. The lowest BCUT2D eigenvalue weighted by Crippen LogP contribution is -2.33. The molecule has 8 nitrogen and oxygen atoms in total. The summed E-state index contributed by atoms with van der Waals surface area (Å²) in [6.07, 6.45) is -1.09. The summed E-state index contributed by atoms with van der Waals surface area (Å²) in [6.45, 7) is 1.43. The van der Waals surface area contributed by atoms with E-state index in [9.17, 15) is 18.0 Å². The highest BCUT2D eigenvalue weighted by molar-refractivity contribution is 7.87. The molecule has 1 unspecified atom stereocenters. The Kier molecular flexibility index (Phi) is 5.19. The number of hydrogen-bond donors (Lipinski definition) is 2. The quantitative estimate of drug-likeness (QED) is 0.352. The van der Waals surface area contributed by atoms with Crippen molar-refractivity contribution in [2.75, 3.05) is 6.61 Å². The standard InChI is InChI=1S/C6H10O8S/c1-2-13-14-6(9)4(3-5(7)8)15(10,11)12/h4H,2-3H2,1H3,(H,7,8)(H,10,11,12). The van der Waals surface area contributed by atoms with Crippen LogP contribution in [0.15, 0.2) is 0 Å². The fourth-order valence-corrected chi connectivity index (χ4v) is 1.28. The summed E-state index contributed by atoms with van der Waals surface area (Å²) in [7, 11) is -4.83. The molecule has 0 aromatic carbocycles. The molecule has 0 aromatic heterocycles. The molecule has 0 aliphatic heterocycles. The fraction of sp³-hybridized carbons (Fsp3) is 0.667. The van der Waals surface area contributed by atoms with Gasteiger partial charge in [0.1, 0.15) is 0 Å². The molecule has 0 heterocycles. The van der Waals surface area contributed by atoms with Gasteiger partial charge in [0.2, 0.25) is 0 Å². The lowest BCUT2D eigenvalue weighted by atomic mass is 10.3. The van der Waals surface area contributed by atoms with Crippen LogP contribution < -0.4 is 0 Å². The van der Waals surface area contributed by atoms with Crippen LogP contribution in [0.1, 0.15) is 13.3 Å². The normalized spacial score (nSPS) is 13.2. The minimum absolute atomic E-state index is 0.0307. The molecule has 0 saturated heterocycles. The summed E-state index contributed by atoms with van der Waals surface area (Å²) in [5, 5.41) is 6.12. The molecule has 1 atom stereocenters. The molecule has 2 N–H and O–H groups in total. The van der Waals surface area contributed by atoms with E-state index in [4.69, 9.17) is 9.66 Å². The predicted octanol–water partition coefficient (Wildman–Crippen LogP) is -0.788. The number of carbonyl (C=O) groups is 2. The van der Waals surface area contributed by atoms with Gasteiger partial charge in [-0.25, -0.2) is 4.79 Å². The Bertz CT molecular complexity index is 331. The zero-order chi connectivity index (χ0) is 12.1. The highest BCUT2D eigenvalue weighted by Crippen LogP contribution is 2.07. The van der Waals surface area contributed by atoms with Gasteiger partial charge in [-0.2, -0.15) is 13.3 Å². The molecule has 0 fully saturated rings. The van der Waals surface area contributed by atoms with E-state index in [2.05, 4.69) is 9.78 Å². The second kappa shape index (κ2) is 5.63. The van der Waals surface area contributed by atoms with Crippen LogP contribution in [0.2, 0.25) is 0 Å². The number of carbonyl (C=O) groups excluding carboxylic acids is 1. The van der Waals surface area contributed by atoms with E-state index >= 15 is 0 Å². The first-order valence-corrected chi connectivity index (χ1v) is 5.30. The highest BCUT2D eigenvalue weighted by atomic mass is 32.2. The third kappa shape index (κ3) is 5.30. The minimum Gasteiger partial charge on any atom is -0.481 e. The zero-order valence-corrected chi connectivity index (χ0v) is 8.56. The summed E-state index contributed by atoms with van der Waals surface area (Å²) in [4.78, 5) is 29.2. The Morgan fingerprint density at radius 2 is 1.93 bits per heavy atom. The van der Waals surface area contributed by atoms with Crippen molar-refractivity contribution in [1.29, 1.82) is 0 Å². The zero-order valence-electron chi connectivity index (χ0n) is 7.74. The number of hydrogen-bond acceptors (Lipinski definition) is 6. The van der Waals surface area contributed by atoms with Crippen molar-refractivity contribution < 1.29 is 37.4 Å². The van der Waals surface area contributed by atoms with Crippen LogP contribution >= 0.6 is 0 Å². The Balaban J connectivity index is 4.64. The maximum Gasteiger partial charge on any atom is 0.363 e. The summed E-state index contributed by atoms with van der Waals surface area (Å²) < 4.78 is 29.8. The SMILES string of the molecule is CCOOC(=O)C(CC(=O)O)S(=O)(=O)O. The molecule has 0 aromatic rings. The van der Waals surface area contributed by atoms with Crippen molar-refractivity contribution in [2.45, 2.75) is 18.6 Å². The average molecular weight is 242 g/mol. The Labute approximate surface area is 85.5 Å². The summed E-state index contributed by atoms with van der Waals surface area (Å²) in [5.74, 6) is -3.03. The molecule has 0 rings (SSSR count). The first-order valence-electron chi connectivity index (χ1n) is 3.80. The monoisotopic (exact) mass is 242 g/mol. The maximum absolute atomic E-state index is 10.9. The van der Waals surface area contributed by atoms with Crippen molar-refractivity contribution in [2.24, 2.45) is 0 Å². The predicted molar refractivity (Wildman–Crippen MR) is 45.3 cm³/mol.